The number of aliphatic imine (C=N–C) groups is 1. The highest BCUT2D eigenvalue weighted by atomic mass is 15.2. The molecule has 1 aliphatic rings. The molecule has 0 N–H and O–H groups in total. The largest absolute Gasteiger partial charge is 0.378 e. The third-order valence-electron chi connectivity index (χ3n) is 5.81. The van der Waals surface area contributed by atoms with Crippen LogP contribution in [0.15, 0.2) is 41.4 Å². The maximum atomic E-state index is 4.72. The molecule has 144 valence electrons. The minimum absolute atomic E-state index is 0.206. The van der Waals surface area contributed by atoms with Crippen LogP contribution in [-0.2, 0) is 0 Å². The molecule has 0 spiro atoms. The fourth-order valence-electron chi connectivity index (χ4n) is 4.37. The number of nitrogens with zero attached hydrogens (tertiary/aromatic N) is 3. The summed E-state index contributed by atoms with van der Waals surface area (Å²) in [5.41, 5.74) is 7.73. The SMILES string of the molecule is CCN1c2cc(C)c(C=Nc3ccc(N(C)C)cc3)cc2[C@H](C)CC1(C)C. The van der Waals surface area contributed by atoms with Gasteiger partial charge in [0.15, 0.2) is 0 Å². The Morgan fingerprint density at radius 1 is 1.19 bits per heavy atom. The van der Waals surface area contributed by atoms with Crippen LogP contribution in [0.3, 0.4) is 0 Å². The van der Waals surface area contributed by atoms with E-state index in [1.54, 1.807) is 0 Å². The standard InChI is InChI=1S/C24H33N3/c1-8-27-23-13-17(2)19(14-22(23)18(3)15-24(27,4)5)16-25-20-9-11-21(12-10-20)26(6)7/h9-14,16,18H,8,15H2,1-7H3/t18-/m1/s1. The zero-order valence-corrected chi connectivity index (χ0v) is 17.9. The average Bonchev–Trinajstić information content (AvgIpc) is 2.60. The minimum atomic E-state index is 0.206. The number of hydrogen-bond acceptors (Lipinski definition) is 3. The molecule has 0 radical (unpaired) electrons. The van der Waals surface area contributed by atoms with Gasteiger partial charge >= 0.3 is 0 Å². The van der Waals surface area contributed by atoms with Gasteiger partial charge in [-0.3, -0.25) is 4.99 Å². The van der Waals surface area contributed by atoms with Crippen molar-refractivity contribution >= 4 is 23.3 Å². The first-order valence-electron chi connectivity index (χ1n) is 9.96. The van der Waals surface area contributed by atoms with E-state index in [1.165, 1.54) is 34.5 Å². The third kappa shape index (κ3) is 3.87. The first kappa shape index (κ1) is 19.5. The van der Waals surface area contributed by atoms with Crippen LogP contribution >= 0.6 is 0 Å². The topological polar surface area (TPSA) is 18.8 Å². The van der Waals surface area contributed by atoms with Crippen molar-refractivity contribution < 1.29 is 0 Å². The number of anilines is 2. The number of rotatable bonds is 4. The Kier molecular flexibility index (Phi) is 5.32. The fourth-order valence-corrected chi connectivity index (χ4v) is 4.37. The Bertz CT molecular complexity index is 831. The van der Waals surface area contributed by atoms with Gasteiger partial charge in [0, 0.05) is 43.8 Å². The smallest absolute Gasteiger partial charge is 0.0631 e. The summed E-state index contributed by atoms with van der Waals surface area (Å²) in [6.07, 6.45) is 3.20. The van der Waals surface area contributed by atoms with E-state index in [-0.39, 0.29) is 5.54 Å². The highest BCUT2D eigenvalue weighted by Crippen LogP contribution is 2.44. The Morgan fingerprint density at radius 3 is 2.44 bits per heavy atom. The summed E-state index contributed by atoms with van der Waals surface area (Å²) in [5.74, 6) is 0.560. The van der Waals surface area contributed by atoms with Gasteiger partial charge in [0.2, 0.25) is 0 Å². The molecular formula is C24H33N3. The lowest BCUT2D eigenvalue weighted by atomic mass is 9.79. The van der Waals surface area contributed by atoms with Gasteiger partial charge in [-0.05, 0) is 93.1 Å². The predicted octanol–water partition coefficient (Wildman–Crippen LogP) is 5.92. The molecule has 27 heavy (non-hydrogen) atoms. The van der Waals surface area contributed by atoms with E-state index >= 15 is 0 Å². The molecule has 2 aromatic carbocycles. The van der Waals surface area contributed by atoms with Crippen LogP contribution in [0.1, 0.15) is 56.7 Å². The number of aryl methyl sites for hydroxylation is 1. The molecule has 0 saturated heterocycles. The summed E-state index contributed by atoms with van der Waals surface area (Å²) in [5, 5.41) is 0. The van der Waals surface area contributed by atoms with Crippen molar-refractivity contribution in [1.82, 2.24) is 0 Å². The van der Waals surface area contributed by atoms with E-state index in [9.17, 15) is 0 Å². The summed E-state index contributed by atoms with van der Waals surface area (Å²) in [6.45, 7) is 12.6. The van der Waals surface area contributed by atoms with Gasteiger partial charge in [0.1, 0.15) is 0 Å². The molecule has 3 rings (SSSR count). The minimum Gasteiger partial charge on any atom is -0.378 e. The van der Waals surface area contributed by atoms with Gasteiger partial charge < -0.3 is 9.80 Å². The predicted molar refractivity (Wildman–Crippen MR) is 119 cm³/mol. The van der Waals surface area contributed by atoms with Crippen LogP contribution in [0.5, 0.6) is 0 Å². The van der Waals surface area contributed by atoms with Crippen LogP contribution < -0.4 is 9.80 Å². The third-order valence-corrected chi connectivity index (χ3v) is 5.81. The molecule has 2 aromatic rings. The molecule has 1 atom stereocenters. The van der Waals surface area contributed by atoms with Crippen LogP contribution in [-0.4, -0.2) is 32.4 Å². The lowest BCUT2D eigenvalue weighted by Gasteiger charge is -2.47. The Morgan fingerprint density at radius 2 is 1.85 bits per heavy atom. The normalized spacial score (nSPS) is 18.6. The molecule has 0 amide bonds. The fraction of sp³-hybridized carbons (Fsp3) is 0.458. The monoisotopic (exact) mass is 363 g/mol. The van der Waals surface area contributed by atoms with Crippen LogP contribution in [0.2, 0.25) is 0 Å². The van der Waals surface area contributed by atoms with Gasteiger partial charge in [-0.25, -0.2) is 0 Å². The molecule has 0 aliphatic carbocycles. The Labute approximate surface area is 164 Å². The van der Waals surface area contributed by atoms with Crippen molar-refractivity contribution in [3.63, 3.8) is 0 Å². The van der Waals surface area contributed by atoms with Crippen LogP contribution in [0.4, 0.5) is 17.1 Å². The molecule has 0 bridgehead atoms. The first-order chi connectivity index (χ1) is 12.7. The summed E-state index contributed by atoms with van der Waals surface area (Å²) < 4.78 is 0. The quantitative estimate of drug-likeness (QED) is 0.628. The second-order valence-corrected chi connectivity index (χ2v) is 8.60. The molecule has 1 heterocycles. The summed E-state index contributed by atoms with van der Waals surface area (Å²) in [4.78, 5) is 9.37. The lowest BCUT2D eigenvalue weighted by Crippen LogP contribution is -2.48. The maximum absolute atomic E-state index is 4.72. The number of fused-ring (bicyclic) bond motifs is 1. The molecule has 0 aromatic heterocycles. The average molecular weight is 364 g/mol. The summed E-state index contributed by atoms with van der Waals surface area (Å²) >= 11 is 0. The highest BCUT2D eigenvalue weighted by molar-refractivity contribution is 5.86. The highest BCUT2D eigenvalue weighted by Gasteiger charge is 2.35. The van der Waals surface area contributed by atoms with E-state index in [0.29, 0.717) is 5.92 Å². The summed E-state index contributed by atoms with van der Waals surface area (Å²) in [7, 11) is 4.10. The summed E-state index contributed by atoms with van der Waals surface area (Å²) in [6, 6.07) is 13.1. The van der Waals surface area contributed by atoms with Gasteiger partial charge in [0.05, 0.1) is 5.69 Å². The molecule has 1 aliphatic heterocycles. The zero-order chi connectivity index (χ0) is 19.8. The first-order valence-corrected chi connectivity index (χ1v) is 9.96. The Hall–Kier alpha value is -2.29. The van der Waals surface area contributed by atoms with E-state index in [4.69, 9.17) is 4.99 Å². The van der Waals surface area contributed by atoms with Crippen LogP contribution in [0.25, 0.3) is 0 Å². The molecule has 3 heteroatoms. The zero-order valence-electron chi connectivity index (χ0n) is 17.9. The van der Waals surface area contributed by atoms with Crippen molar-refractivity contribution in [2.75, 3.05) is 30.4 Å². The number of hydrogen-bond donors (Lipinski definition) is 0. The lowest BCUT2D eigenvalue weighted by molar-refractivity contribution is 0.381. The van der Waals surface area contributed by atoms with Gasteiger partial charge in [-0.1, -0.05) is 6.92 Å². The van der Waals surface area contributed by atoms with E-state index in [1.807, 2.05) is 6.21 Å². The molecule has 0 fully saturated rings. The molecule has 3 nitrogen and oxygen atoms in total. The second kappa shape index (κ2) is 7.38. The number of benzene rings is 2. The van der Waals surface area contributed by atoms with Gasteiger partial charge in [-0.2, -0.15) is 0 Å². The van der Waals surface area contributed by atoms with Crippen molar-refractivity contribution in [1.29, 1.82) is 0 Å². The Balaban J connectivity index is 1.93. The molecular weight excluding hydrogens is 330 g/mol. The van der Waals surface area contributed by atoms with E-state index in [0.717, 1.165) is 12.2 Å². The molecule has 0 saturated carbocycles. The van der Waals surface area contributed by atoms with Crippen molar-refractivity contribution in [2.24, 2.45) is 4.99 Å². The second-order valence-electron chi connectivity index (χ2n) is 8.60. The van der Waals surface area contributed by atoms with Gasteiger partial charge in [-0.15, -0.1) is 0 Å². The maximum Gasteiger partial charge on any atom is 0.0631 e. The van der Waals surface area contributed by atoms with Crippen LogP contribution in [0, 0.1) is 6.92 Å². The van der Waals surface area contributed by atoms with E-state index < -0.39 is 0 Å². The van der Waals surface area contributed by atoms with Gasteiger partial charge in [0.25, 0.3) is 0 Å². The van der Waals surface area contributed by atoms with Crippen molar-refractivity contribution in [3.8, 4) is 0 Å². The molecule has 0 unspecified atom stereocenters. The van der Waals surface area contributed by atoms with Crippen molar-refractivity contribution in [2.45, 2.75) is 52.5 Å². The van der Waals surface area contributed by atoms with Crippen molar-refractivity contribution in [3.05, 3.63) is 53.1 Å². The van der Waals surface area contributed by atoms with E-state index in [2.05, 4.69) is 94.9 Å².